The normalized spacial score (nSPS) is 13.3. The van der Waals surface area contributed by atoms with Gasteiger partial charge < -0.3 is 5.11 Å². The zero-order valence-corrected chi connectivity index (χ0v) is 10.6. The van der Waals surface area contributed by atoms with Crippen molar-refractivity contribution in [3.63, 3.8) is 0 Å². The Kier molecular flexibility index (Phi) is 3.81. The fourth-order valence-corrected chi connectivity index (χ4v) is 1.88. The molecule has 2 aromatic carbocycles. The van der Waals surface area contributed by atoms with Crippen LogP contribution < -0.4 is 0 Å². The van der Waals surface area contributed by atoms with E-state index in [0.29, 0.717) is 16.7 Å². The van der Waals surface area contributed by atoms with Crippen LogP contribution in [0.4, 0.5) is 17.6 Å². The monoisotopic (exact) mass is 284 g/mol. The van der Waals surface area contributed by atoms with Crippen LogP contribution in [0.1, 0.15) is 28.4 Å². The lowest BCUT2D eigenvalue weighted by atomic mass is 9.99. The molecule has 0 saturated carbocycles. The fourth-order valence-electron chi connectivity index (χ4n) is 1.88. The largest absolute Gasteiger partial charge is 0.416 e. The van der Waals surface area contributed by atoms with Crippen molar-refractivity contribution in [2.45, 2.75) is 19.2 Å². The summed E-state index contributed by atoms with van der Waals surface area (Å²) >= 11 is 0. The second-order valence-corrected chi connectivity index (χ2v) is 4.53. The maximum absolute atomic E-state index is 13.1. The third-order valence-electron chi connectivity index (χ3n) is 3.05. The van der Waals surface area contributed by atoms with Crippen molar-refractivity contribution in [2.24, 2.45) is 0 Å². The Balaban J connectivity index is 2.29. The first kappa shape index (κ1) is 14.5. The zero-order valence-electron chi connectivity index (χ0n) is 10.6. The number of hydrogen-bond acceptors (Lipinski definition) is 1. The summed E-state index contributed by atoms with van der Waals surface area (Å²) in [5, 5.41) is 10.1. The Labute approximate surface area is 113 Å². The second-order valence-electron chi connectivity index (χ2n) is 4.53. The number of hydrogen-bond donors (Lipinski definition) is 1. The molecule has 1 atom stereocenters. The van der Waals surface area contributed by atoms with Crippen LogP contribution in [-0.2, 0) is 6.18 Å². The van der Waals surface area contributed by atoms with Gasteiger partial charge in [-0.15, -0.1) is 0 Å². The summed E-state index contributed by atoms with van der Waals surface area (Å²) in [6, 6.07) is 8.35. The maximum Gasteiger partial charge on any atom is 0.416 e. The van der Waals surface area contributed by atoms with E-state index in [4.69, 9.17) is 0 Å². The molecule has 1 unspecified atom stereocenters. The lowest BCUT2D eigenvalue weighted by Gasteiger charge is -2.14. The van der Waals surface area contributed by atoms with Gasteiger partial charge in [-0.25, -0.2) is 4.39 Å². The van der Waals surface area contributed by atoms with Gasteiger partial charge >= 0.3 is 6.18 Å². The van der Waals surface area contributed by atoms with Crippen molar-refractivity contribution in [1.82, 2.24) is 0 Å². The van der Waals surface area contributed by atoms with Crippen LogP contribution in [0.15, 0.2) is 42.5 Å². The first-order valence-corrected chi connectivity index (χ1v) is 5.90. The SMILES string of the molecule is Cc1cc(C(O)c2ccc(C(F)(F)F)cc2)ccc1F. The summed E-state index contributed by atoms with van der Waals surface area (Å²) in [7, 11) is 0. The van der Waals surface area contributed by atoms with Gasteiger partial charge in [0.25, 0.3) is 0 Å². The van der Waals surface area contributed by atoms with Gasteiger partial charge in [-0.2, -0.15) is 13.2 Å². The van der Waals surface area contributed by atoms with Gasteiger partial charge in [-0.1, -0.05) is 24.3 Å². The molecule has 106 valence electrons. The standard InChI is InChI=1S/C15H12F4O/c1-9-8-11(4-7-13(9)16)14(20)10-2-5-12(6-3-10)15(17,18)19/h2-8,14,20H,1H3. The van der Waals surface area contributed by atoms with E-state index in [1.165, 1.54) is 30.3 Å². The summed E-state index contributed by atoms with van der Waals surface area (Å²) in [5.41, 5.74) is 0.352. The van der Waals surface area contributed by atoms with Gasteiger partial charge in [0.15, 0.2) is 0 Å². The molecular weight excluding hydrogens is 272 g/mol. The average molecular weight is 284 g/mol. The molecule has 0 heterocycles. The summed E-state index contributed by atoms with van der Waals surface area (Å²) in [6.07, 6.45) is -5.49. The molecule has 2 rings (SSSR count). The van der Waals surface area contributed by atoms with Crippen LogP contribution in [0.5, 0.6) is 0 Å². The average Bonchev–Trinajstić information content (AvgIpc) is 2.40. The fraction of sp³-hybridized carbons (Fsp3) is 0.200. The third-order valence-corrected chi connectivity index (χ3v) is 3.05. The molecule has 0 aliphatic carbocycles. The number of rotatable bonds is 2. The Morgan fingerprint density at radius 3 is 2.00 bits per heavy atom. The van der Waals surface area contributed by atoms with Crippen molar-refractivity contribution in [3.05, 3.63) is 70.5 Å². The molecule has 0 spiro atoms. The van der Waals surface area contributed by atoms with Crippen LogP contribution in [0.25, 0.3) is 0 Å². The number of aliphatic hydroxyl groups excluding tert-OH is 1. The zero-order chi connectivity index (χ0) is 14.9. The van der Waals surface area contributed by atoms with Gasteiger partial charge in [0, 0.05) is 0 Å². The van der Waals surface area contributed by atoms with Crippen LogP contribution in [0.2, 0.25) is 0 Å². The summed E-state index contributed by atoms with van der Waals surface area (Å²) < 4.78 is 50.5. The number of aliphatic hydroxyl groups is 1. The lowest BCUT2D eigenvalue weighted by Crippen LogP contribution is -2.06. The van der Waals surface area contributed by atoms with E-state index in [1.807, 2.05) is 0 Å². The Bertz CT molecular complexity index is 602. The second kappa shape index (κ2) is 5.25. The molecule has 0 aliphatic heterocycles. The molecule has 2 aromatic rings. The molecule has 20 heavy (non-hydrogen) atoms. The molecule has 0 bridgehead atoms. The van der Waals surface area contributed by atoms with Gasteiger partial charge in [0.1, 0.15) is 11.9 Å². The molecule has 0 amide bonds. The van der Waals surface area contributed by atoms with Gasteiger partial charge in [0.2, 0.25) is 0 Å². The van der Waals surface area contributed by atoms with Crippen molar-refractivity contribution >= 4 is 0 Å². The third kappa shape index (κ3) is 2.99. The van der Waals surface area contributed by atoms with Crippen LogP contribution in [0, 0.1) is 12.7 Å². The quantitative estimate of drug-likeness (QED) is 0.818. The first-order valence-electron chi connectivity index (χ1n) is 5.90. The summed E-state index contributed by atoms with van der Waals surface area (Å²) in [4.78, 5) is 0. The van der Waals surface area contributed by atoms with Crippen LogP contribution >= 0.6 is 0 Å². The highest BCUT2D eigenvalue weighted by Gasteiger charge is 2.30. The maximum atomic E-state index is 13.1. The number of alkyl halides is 3. The molecule has 1 nitrogen and oxygen atoms in total. The van der Waals surface area contributed by atoms with E-state index in [0.717, 1.165) is 12.1 Å². The molecule has 0 aromatic heterocycles. The Morgan fingerprint density at radius 2 is 1.50 bits per heavy atom. The summed E-state index contributed by atoms with van der Waals surface area (Å²) in [6.45, 7) is 1.55. The van der Waals surface area contributed by atoms with E-state index < -0.39 is 23.7 Å². The lowest BCUT2D eigenvalue weighted by molar-refractivity contribution is -0.137. The molecule has 5 heteroatoms. The minimum atomic E-state index is -4.41. The minimum Gasteiger partial charge on any atom is -0.384 e. The Hall–Kier alpha value is -1.88. The molecule has 1 N–H and O–H groups in total. The van der Waals surface area contributed by atoms with Gasteiger partial charge in [-0.05, 0) is 41.8 Å². The molecule has 0 radical (unpaired) electrons. The van der Waals surface area contributed by atoms with Crippen LogP contribution in [0.3, 0.4) is 0 Å². The predicted molar refractivity (Wildman–Crippen MR) is 66.6 cm³/mol. The first-order chi connectivity index (χ1) is 9.29. The minimum absolute atomic E-state index is 0.323. The summed E-state index contributed by atoms with van der Waals surface area (Å²) in [5.74, 6) is -0.395. The van der Waals surface area contributed by atoms with Crippen LogP contribution in [-0.4, -0.2) is 5.11 Å². The molecular formula is C15H12F4O. The molecule has 0 fully saturated rings. The predicted octanol–water partition coefficient (Wildman–Crippen LogP) is 4.23. The molecule has 0 aliphatic rings. The topological polar surface area (TPSA) is 20.2 Å². The van der Waals surface area contributed by atoms with Gasteiger partial charge in [0.05, 0.1) is 5.56 Å². The van der Waals surface area contributed by atoms with Crippen molar-refractivity contribution in [1.29, 1.82) is 0 Å². The highest BCUT2D eigenvalue weighted by Crippen LogP contribution is 2.31. The number of halogens is 4. The smallest absolute Gasteiger partial charge is 0.384 e. The van der Waals surface area contributed by atoms with E-state index in [1.54, 1.807) is 6.92 Å². The van der Waals surface area contributed by atoms with Crippen molar-refractivity contribution < 1.29 is 22.7 Å². The molecule has 0 saturated heterocycles. The van der Waals surface area contributed by atoms with E-state index >= 15 is 0 Å². The Morgan fingerprint density at radius 1 is 0.950 bits per heavy atom. The van der Waals surface area contributed by atoms with Crippen molar-refractivity contribution in [2.75, 3.05) is 0 Å². The highest BCUT2D eigenvalue weighted by molar-refractivity contribution is 5.34. The van der Waals surface area contributed by atoms with Gasteiger partial charge in [-0.3, -0.25) is 0 Å². The van der Waals surface area contributed by atoms with Crippen molar-refractivity contribution in [3.8, 4) is 0 Å². The number of aryl methyl sites for hydroxylation is 1. The van der Waals surface area contributed by atoms with E-state index in [-0.39, 0.29) is 0 Å². The van der Waals surface area contributed by atoms with E-state index in [2.05, 4.69) is 0 Å². The van der Waals surface area contributed by atoms with E-state index in [9.17, 15) is 22.7 Å². The number of benzene rings is 2. The highest BCUT2D eigenvalue weighted by atomic mass is 19.4.